The van der Waals surface area contributed by atoms with Crippen LogP contribution in [0.2, 0.25) is 5.02 Å². The van der Waals surface area contributed by atoms with E-state index in [1.54, 1.807) is 0 Å². The fraction of sp³-hybridized carbons (Fsp3) is 0.111. The number of nitrogens with one attached hydrogen (secondary N) is 1. The number of halogens is 2. The lowest BCUT2D eigenvalue weighted by Gasteiger charge is -2.04. The van der Waals surface area contributed by atoms with E-state index in [0.29, 0.717) is 11.6 Å². The summed E-state index contributed by atoms with van der Waals surface area (Å²) < 4.78 is 6.82. The lowest BCUT2D eigenvalue weighted by atomic mass is 10.2. The highest BCUT2D eigenvalue weighted by molar-refractivity contribution is 9.10. The molecule has 1 N–H and O–H groups in total. The van der Waals surface area contributed by atoms with Crippen LogP contribution in [0.4, 0.5) is 0 Å². The topological polar surface area (TPSA) is 25.2 Å². The standard InChI is InChI=1S/C18H15BrClNO/c19-17-10-14(20)6-8-16(17)18-9-7-15(22-18)12-21-11-13-4-2-1-3-5-13/h1-10,21H,11-12H2. The van der Waals surface area contributed by atoms with Gasteiger partial charge in [0.15, 0.2) is 0 Å². The van der Waals surface area contributed by atoms with Gasteiger partial charge in [-0.2, -0.15) is 0 Å². The second-order valence-corrected chi connectivity index (χ2v) is 6.27. The maximum atomic E-state index is 5.97. The Hall–Kier alpha value is -1.55. The fourth-order valence-electron chi connectivity index (χ4n) is 2.23. The summed E-state index contributed by atoms with van der Waals surface area (Å²) in [4.78, 5) is 0. The van der Waals surface area contributed by atoms with Crippen LogP contribution in [-0.2, 0) is 13.1 Å². The van der Waals surface area contributed by atoms with Crippen LogP contribution >= 0.6 is 27.5 Å². The highest BCUT2D eigenvalue weighted by atomic mass is 79.9. The minimum absolute atomic E-state index is 0.695. The van der Waals surface area contributed by atoms with Gasteiger partial charge in [0, 0.05) is 21.6 Å². The first-order valence-corrected chi connectivity index (χ1v) is 8.18. The molecule has 0 bridgehead atoms. The Labute approximate surface area is 143 Å². The van der Waals surface area contributed by atoms with Crippen LogP contribution < -0.4 is 5.32 Å². The summed E-state index contributed by atoms with van der Waals surface area (Å²) in [6.07, 6.45) is 0. The maximum Gasteiger partial charge on any atom is 0.135 e. The fourth-order valence-corrected chi connectivity index (χ4v) is 3.11. The van der Waals surface area contributed by atoms with Crippen LogP contribution in [-0.4, -0.2) is 0 Å². The molecule has 0 saturated heterocycles. The van der Waals surface area contributed by atoms with E-state index in [4.69, 9.17) is 16.0 Å². The van der Waals surface area contributed by atoms with Gasteiger partial charge in [-0.15, -0.1) is 0 Å². The van der Waals surface area contributed by atoms with Crippen molar-refractivity contribution in [1.82, 2.24) is 5.32 Å². The zero-order valence-electron chi connectivity index (χ0n) is 11.9. The zero-order valence-corrected chi connectivity index (χ0v) is 14.2. The molecule has 2 nitrogen and oxygen atoms in total. The van der Waals surface area contributed by atoms with Crippen LogP contribution in [0.3, 0.4) is 0 Å². The van der Waals surface area contributed by atoms with Crippen LogP contribution in [0.5, 0.6) is 0 Å². The first-order valence-electron chi connectivity index (χ1n) is 7.01. The third kappa shape index (κ3) is 3.80. The van der Waals surface area contributed by atoms with E-state index in [0.717, 1.165) is 28.1 Å². The Kier molecular flexibility index (Phi) is 4.98. The monoisotopic (exact) mass is 375 g/mol. The number of hydrogen-bond donors (Lipinski definition) is 1. The van der Waals surface area contributed by atoms with Gasteiger partial charge in [0.05, 0.1) is 6.54 Å². The lowest BCUT2D eigenvalue weighted by molar-refractivity contribution is 0.493. The minimum atomic E-state index is 0.695. The van der Waals surface area contributed by atoms with Gasteiger partial charge < -0.3 is 9.73 Å². The molecular formula is C18H15BrClNO. The molecule has 0 aliphatic rings. The van der Waals surface area contributed by atoms with E-state index in [9.17, 15) is 0 Å². The van der Waals surface area contributed by atoms with Crippen molar-refractivity contribution in [3.63, 3.8) is 0 Å². The molecule has 3 aromatic rings. The molecule has 0 aliphatic carbocycles. The van der Waals surface area contributed by atoms with E-state index in [1.807, 2.05) is 48.5 Å². The number of rotatable bonds is 5. The Morgan fingerprint density at radius 2 is 1.77 bits per heavy atom. The second kappa shape index (κ2) is 7.14. The van der Waals surface area contributed by atoms with Gasteiger partial charge in [-0.1, -0.05) is 41.9 Å². The number of furan rings is 1. The quantitative estimate of drug-likeness (QED) is 0.622. The molecule has 0 atom stereocenters. The van der Waals surface area contributed by atoms with Crippen molar-refractivity contribution in [2.45, 2.75) is 13.1 Å². The predicted octanol–water partition coefficient (Wildman–Crippen LogP) is 5.65. The van der Waals surface area contributed by atoms with E-state index < -0.39 is 0 Å². The molecule has 0 radical (unpaired) electrons. The van der Waals surface area contributed by atoms with Crippen molar-refractivity contribution in [1.29, 1.82) is 0 Å². The van der Waals surface area contributed by atoms with E-state index >= 15 is 0 Å². The number of benzene rings is 2. The Bertz CT molecular complexity index is 755. The average molecular weight is 377 g/mol. The molecule has 0 unspecified atom stereocenters. The van der Waals surface area contributed by atoms with Gasteiger partial charge in [0.25, 0.3) is 0 Å². The molecule has 0 saturated carbocycles. The van der Waals surface area contributed by atoms with Crippen LogP contribution in [0, 0.1) is 0 Å². The van der Waals surface area contributed by atoms with Gasteiger partial charge in [-0.05, 0) is 51.8 Å². The van der Waals surface area contributed by atoms with Crippen molar-refractivity contribution >= 4 is 27.5 Å². The molecular weight excluding hydrogens is 362 g/mol. The van der Waals surface area contributed by atoms with Gasteiger partial charge in [-0.3, -0.25) is 0 Å². The summed E-state index contributed by atoms with van der Waals surface area (Å²) in [5.74, 6) is 1.74. The third-order valence-corrected chi connectivity index (χ3v) is 4.22. The summed E-state index contributed by atoms with van der Waals surface area (Å²) in [7, 11) is 0. The summed E-state index contributed by atoms with van der Waals surface area (Å²) in [5, 5.41) is 4.08. The van der Waals surface area contributed by atoms with Gasteiger partial charge in [0.2, 0.25) is 0 Å². The van der Waals surface area contributed by atoms with E-state index in [1.165, 1.54) is 5.56 Å². The van der Waals surface area contributed by atoms with Crippen molar-refractivity contribution in [2.24, 2.45) is 0 Å². The molecule has 22 heavy (non-hydrogen) atoms. The molecule has 0 amide bonds. The molecule has 0 fully saturated rings. The third-order valence-electron chi connectivity index (χ3n) is 3.33. The van der Waals surface area contributed by atoms with E-state index in [-0.39, 0.29) is 0 Å². The highest BCUT2D eigenvalue weighted by Crippen LogP contribution is 2.31. The Morgan fingerprint density at radius 3 is 2.55 bits per heavy atom. The van der Waals surface area contributed by atoms with Crippen LogP contribution in [0.15, 0.2) is 69.6 Å². The van der Waals surface area contributed by atoms with Crippen molar-refractivity contribution in [3.05, 3.63) is 81.5 Å². The smallest absolute Gasteiger partial charge is 0.135 e. The summed E-state index contributed by atoms with van der Waals surface area (Å²) in [6, 6.07) is 20.0. The molecule has 1 aromatic heterocycles. The lowest BCUT2D eigenvalue weighted by Crippen LogP contribution is -2.11. The molecule has 0 aliphatic heterocycles. The average Bonchev–Trinajstić information content (AvgIpc) is 2.97. The van der Waals surface area contributed by atoms with Gasteiger partial charge in [0.1, 0.15) is 11.5 Å². The summed E-state index contributed by atoms with van der Waals surface area (Å²) in [6.45, 7) is 1.52. The molecule has 1 heterocycles. The SMILES string of the molecule is Clc1ccc(-c2ccc(CNCc3ccccc3)o2)c(Br)c1. The number of hydrogen-bond acceptors (Lipinski definition) is 2. The minimum Gasteiger partial charge on any atom is -0.460 e. The summed E-state index contributed by atoms with van der Waals surface area (Å²) in [5.41, 5.74) is 2.26. The molecule has 0 spiro atoms. The van der Waals surface area contributed by atoms with Crippen molar-refractivity contribution in [2.75, 3.05) is 0 Å². The first kappa shape index (κ1) is 15.3. The maximum absolute atomic E-state index is 5.97. The molecule has 112 valence electrons. The highest BCUT2D eigenvalue weighted by Gasteiger charge is 2.08. The van der Waals surface area contributed by atoms with Gasteiger partial charge in [-0.25, -0.2) is 0 Å². The van der Waals surface area contributed by atoms with Crippen molar-refractivity contribution < 1.29 is 4.42 Å². The Balaban J connectivity index is 1.64. The first-order chi connectivity index (χ1) is 10.7. The van der Waals surface area contributed by atoms with Crippen LogP contribution in [0.1, 0.15) is 11.3 Å². The normalized spacial score (nSPS) is 10.8. The molecule has 2 aromatic carbocycles. The molecule has 3 rings (SSSR count). The van der Waals surface area contributed by atoms with E-state index in [2.05, 4.69) is 33.4 Å². The largest absolute Gasteiger partial charge is 0.460 e. The second-order valence-electron chi connectivity index (χ2n) is 4.98. The van der Waals surface area contributed by atoms with Gasteiger partial charge >= 0.3 is 0 Å². The Morgan fingerprint density at radius 1 is 0.955 bits per heavy atom. The van der Waals surface area contributed by atoms with Crippen LogP contribution in [0.25, 0.3) is 11.3 Å². The van der Waals surface area contributed by atoms with Crippen molar-refractivity contribution in [3.8, 4) is 11.3 Å². The summed E-state index contributed by atoms with van der Waals surface area (Å²) >= 11 is 9.48. The molecule has 4 heteroatoms. The predicted molar refractivity (Wildman–Crippen MR) is 93.8 cm³/mol. The zero-order chi connectivity index (χ0) is 15.4.